The number of sulfone groups is 1. The number of ether oxygens (including phenoxy) is 3. The number of benzene rings is 1. The fraction of sp³-hybridized carbons (Fsp3) is 0.565. The molecule has 1 unspecified atom stereocenters. The highest BCUT2D eigenvalue weighted by atomic mass is 32.2. The van der Waals surface area contributed by atoms with Gasteiger partial charge in [0.1, 0.15) is 23.4 Å². The van der Waals surface area contributed by atoms with E-state index in [-0.39, 0.29) is 13.0 Å². The fourth-order valence-electron chi connectivity index (χ4n) is 4.14. The number of alkyl carbamates (subject to hydrolysis) is 1. The lowest BCUT2D eigenvalue weighted by Crippen LogP contribution is -2.72. The van der Waals surface area contributed by atoms with Crippen LogP contribution in [0.4, 0.5) is 4.79 Å². The number of carbonyl (C=O) groups excluding carboxylic acids is 4. The lowest BCUT2D eigenvalue weighted by atomic mass is 9.96. The molecule has 192 valence electrons. The molecule has 2 amide bonds. The summed E-state index contributed by atoms with van der Waals surface area (Å²) >= 11 is 0. The standard InChI is InChI=1S/C23H30N2O9S/c1-4-5-7-12-16(26)33-14-34-21(28)18-23(2,3)35(30,31)20-17(19(27)25(18)20)24-22(29)32-13-15-10-8-6-9-11-15/h6,8-11,17-18,20H,4-5,7,12-14H2,1-3H3,(H,24,29)/t17?,18-,20+/m0/s1. The minimum Gasteiger partial charge on any atom is -0.445 e. The van der Waals surface area contributed by atoms with Crippen molar-refractivity contribution in [1.29, 1.82) is 0 Å². The number of carbonyl (C=O) groups is 4. The number of nitrogens with one attached hydrogen (secondary N) is 1. The summed E-state index contributed by atoms with van der Waals surface area (Å²) in [5, 5.41) is 0.849. The van der Waals surface area contributed by atoms with Gasteiger partial charge in [-0.05, 0) is 25.8 Å². The Kier molecular flexibility index (Phi) is 8.04. The molecule has 2 fully saturated rings. The monoisotopic (exact) mass is 510 g/mol. The maximum absolute atomic E-state index is 13.2. The van der Waals surface area contributed by atoms with Crippen LogP contribution < -0.4 is 5.32 Å². The third-order valence-corrected chi connectivity index (χ3v) is 9.01. The Balaban J connectivity index is 1.60. The minimum absolute atomic E-state index is 0.0632. The van der Waals surface area contributed by atoms with Gasteiger partial charge in [-0.25, -0.2) is 18.0 Å². The van der Waals surface area contributed by atoms with Crippen LogP contribution in [0.5, 0.6) is 0 Å². The molecule has 1 aromatic rings. The van der Waals surface area contributed by atoms with Gasteiger partial charge in [0.15, 0.2) is 15.2 Å². The van der Waals surface area contributed by atoms with Crippen molar-refractivity contribution in [1.82, 2.24) is 10.2 Å². The highest BCUT2D eigenvalue weighted by Gasteiger charge is 2.72. The normalized spacial score (nSPS) is 23.6. The molecule has 1 N–H and O–H groups in total. The fourth-order valence-corrected chi connectivity index (χ4v) is 6.35. The van der Waals surface area contributed by atoms with Crippen LogP contribution in [0.15, 0.2) is 30.3 Å². The Hall–Kier alpha value is -3.15. The van der Waals surface area contributed by atoms with Gasteiger partial charge in [0.25, 0.3) is 0 Å². The van der Waals surface area contributed by atoms with E-state index in [9.17, 15) is 27.6 Å². The number of rotatable bonds is 10. The van der Waals surface area contributed by atoms with Crippen molar-refractivity contribution in [2.75, 3.05) is 6.79 Å². The van der Waals surface area contributed by atoms with Gasteiger partial charge < -0.3 is 24.4 Å². The maximum atomic E-state index is 13.2. The lowest BCUT2D eigenvalue weighted by Gasteiger charge is -2.42. The first-order chi connectivity index (χ1) is 16.5. The number of amides is 2. The molecule has 0 aliphatic carbocycles. The van der Waals surface area contributed by atoms with Crippen LogP contribution >= 0.6 is 0 Å². The molecule has 0 radical (unpaired) electrons. The molecule has 2 heterocycles. The van der Waals surface area contributed by atoms with Gasteiger partial charge in [-0.3, -0.25) is 9.59 Å². The predicted molar refractivity (Wildman–Crippen MR) is 122 cm³/mol. The molecule has 11 nitrogen and oxygen atoms in total. The van der Waals surface area contributed by atoms with E-state index >= 15 is 0 Å². The third-order valence-electron chi connectivity index (χ3n) is 6.18. The molecular weight excluding hydrogens is 480 g/mol. The summed E-state index contributed by atoms with van der Waals surface area (Å²) in [6.45, 7) is 3.86. The van der Waals surface area contributed by atoms with Crippen LogP contribution in [-0.2, 0) is 45.0 Å². The maximum Gasteiger partial charge on any atom is 0.408 e. The Morgan fingerprint density at radius 3 is 2.40 bits per heavy atom. The summed E-state index contributed by atoms with van der Waals surface area (Å²) in [5.41, 5.74) is 0.715. The van der Waals surface area contributed by atoms with Crippen molar-refractivity contribution in [3.63, 3.8) is 0 Å². The molecule has 3 rings (SSSR count). The number of unbranched alkanes of at least 4 members (excludes halogenated alkanes) is 2. The van der Waals surface area contributed by atoms with E-state index in [0.29, 0.717) is 12.0 Å². The summed E-state index contributed by atoms with van der Waals surface area (Å²) in [7, 11) is -4.08. The van der Waals surface area contributed by atoms with E-state index in [1.165, 1.54) is 13.8 Å². The van der Waals surface area contributed by atoms with E-state index in [4.69, 9.17) is 14.2 Å². The second kappa shape index (κ2) is 10.6. The smallest absolute Gasteiger partial charge is 0.408 e. The molecule has 2 aliphatic heterocycles. The first-order valence-electron chi connectivity index (χ1n) is 11.4. The van der Waals surface area contributed by atoms with Gasteiger partial charge in [-0.1, -0.05) is 50.1 Å². The topological polar surface area (TPSA) is 145 Å². The number of nitrogens with zero attached hydrogens (tertiary/aromatic N) is 1. The average molecular weight is 511 g/mol. The molecule has 2 saturated heterocycles. The average Bonchev–Trinajstić information content (AvgIpc) is 2.96. The zero-order chi connectivity index (χ0) is 25.8. The second-order valence-corrected chi connectivity index (χ2v) is 11.6. The molecular formula is C23H30N2O9S. The Morgan fingerprint density at radius 1 is 1.06 bits per heavy atom. The van der Waals surface area contributed by atoms with Gasteiger partial charge in [0.05, 0.1) is 0 Å². The third kappa shape index (κ3) is 5.26. The number of esters is 2. The predicted octanol–water partition coefficient (Wildman–Crippen LogP) is 1.65. The summed E-state index contributed by atoms with van der Waals surface area (Å²) in [5.74, 6) is -2.30. The van der Waals surface area contributed by atoms with Crippen molar-refractivity contribution in [2.45, 2.75) is 75.3 Å². The van der Waals surface area contributed by atoms with E-state index < -0.39 is 62.8 Å². The van der Waals surface area contributed by atoms with Crippen LogP contribution in [-0.4, -0.2) is 66.3 Å². The van der Waals surface area contributed by atoms with E-state index in [1.54, 1.807) is 30.3 Å². The quantitative estimate of drug-likeness (QED) is 0.215. The van der Waals surface area contributed by atoms with Gasteiger partial charge in [-0.2, -0.15) is 0 Å². The van der Waals surface area contributed by atoms with Gasteiger partial charge in [-0.15, -0.1) is 0 Å². The summed E-state index contributed by atoms with van der Waals surface area (Å²) in [6.07, 6.45) is 1.65. The first-order valence-corrected chi connectivity index (χ1v) is 12.9. The van der Waals surface area contributed by atoms with Gasteiger partial charge in [0.2, 0.25) is 12.7 Å². The molecule has 35 heavy (non-hydrogen) atoms. The van der Waals surface area contributed by atoms with E-state index in [2.05, 4.69) is 5.32 Å². The summed E-state index contributed by atoms with van der Waals surface area (Å²) in [6, 6.07) is 5.97. The minimum atomic E-state index is -4.08. The summed E-state index contributed by atoms with van der Waals surface area (Å²) in [4.78, 5) is 50.3. The molecule has 12 heteroatoms. The Bertz CT molecular complexity index is 1070. The SMILES string of the molecule is CCCCCC(=O)OCOC(=O)[C@@H]1N2C(=O)C(NC(=O)OCc3ccccc3)[C@H]2S(=O)(=O)C1(C)C. The lowest BCUT2D eigenvalue weighted by molar-refractivity contribution is -0.176. The number of hydrogen-bond acceptors (Lipinski definition) is 9. The zero-order valence-electron chi connectivity index (χ0n) is 19.9. The molecule has 0 aromatic heterocycles. The summed E-state index contributed by atoms with van der Waals surface area (Å²) < 4.78 is 39.6. The van der Waals surface area contributed by atoms with Gasteiger partial charge in [0, 0.05) is 6.42 Å². The highest BCUT2D eigenvalue weighted by molar-refractivity contribution is 7.94. The number of β-lactam (4-membered cyclic amide) rings is 1. The molecule has 2 aliphatic rings. The first kappa shape index (κ1) is 26.5. The molecule has 0 bridgehead atoms. The number of fused-ring (bicyclic) bond motifs is 1. The molecule has 0 spiro atoms. The van der Waals surface area contributed by atoms with E-state index in [1.807, 2.05) is 6.92 Å². The van der Waals surface area contributed by atoms with Crippen LogP contribution in [0.25, 0.3) is 0 Å². The number of hydrogen-bond donors (Lipinski definition) is 1. The second-order valence-electron chi connectivity index (χ2n) is 8.93. The van der Waals surface area contributed by atoms with Crippen molar-refractivity contribution >= 4 is 33.8 Å². The van der Waals surface area contributed by atoms with E-state index in [0.717, 1.165) is 17.7 Å². The zero-order valence-corrected chi connectivity index (χ0v) is 20.7. The highest BCUT2D eigenvalue weighted by Crippen LogP contribution is 2.46. The largest absolute Gasteiger partial charge is 0.445 e. The Labute approximate surface area is 204 Å². The van der Waals surface area contributed by atoms with Crippen molar-refractivity contribution in [3.05, 3.63) is 35.9 Å². The van der Waals surface area contributed by atoms with Gasteiger partial charge >= 0.3 is 18.0 Å². The van der Waals surface area contributed by atoms with Crippen LogP contribution in [0.3, 0.4) is 0 Å². The van der Waals surface area contributed by atoms with Crippen molar-refractivity contribution in [2.24, 2.45) is 0 Å². The molecule has 3 atom stereocenters. The van der Waals surface area contributed by atoms with Crippen molar-refractivity contribution in [3.8, 4) is 0 Å². The van der Waals surface area contributed by atoms with Crippen molar-refractivity contribution < 1.29 is 41.8 Å². The van der Waals surface area contributed by atoms with Crippen LogP contribution in [0.2, 0.25) is 0 Å². The Morgan fingerprint density at radius 2 is 1.74 bits per heavy atom. The van der Waals surface area contributed by atoms with Crippen LogP contribution in [0, 0.1) is 0 Å². The molecule has 1 aromatic carbocycles. The van der Waals surface area contributed by atoms with Crippen LogP contribution in [0.1, 0.15) is 52.0 Å². The molecule has 0 saturated carbocycles.